The molecule has 2 rings (SSSR count). The number of likely N-dealkylation sites (N-methyl/N-ethyl adjacent to an activating group) is 1. The van der Waals surface area contributed by atoms with Crippen molar-refractivity contribution in [1.82, 2.24) is 4.90 Å². The molecule has 19 heavy (non-hydrogen) atoms. The van der Waals surface area contributed by atoms with Crippen molar-refractivity contribution in [1.29, 1.82) is 0 Å². The number of hydrogen-bond donors (Lipinski definition) is 1. The van der Waals surface area contributed by atoms with Gasteiger partial charge in [-0.3, -0.25) is 4.79 Å². The number of carbonyl (C=O) groups is 2. The van der Waals surface area contributed by atoms with Gasteiger partial charge in [0.2, 0.25) is 0 Å². The largest absolute Gasteiger partial charge is 0.480 e. The van der Waals surface area contributed by atoms with Crippen molar-refractivity contribution < 1.29 is 19.4 Å². The maximum absolute atomic E-state index is 12.3. The third kappa shape index (κ3) is 2.54. The highest BCUT2D eigenvalue weighted by atomic mass is 16.5. The van der Waals surface area contributed by atoms with Crippen molar-refractivity contribution in [3.05, 3.63) is 29.8 Å². The van der Waals surface area contributed by atoms with Crippen molar-refractivity contribution in [2.45, 2.75) is 31.9 Å². The van der Waals surface area contributed by atoms with Gasteiger partial charge in [0.05, 0.1) is 0 Å². The molecule has 0 spiro atoms. The lowest BCUT2D eigenvalue weighted by Crippen LogP contribution is -2.47. The molecule has 1 amide bonds. The highest BCUT2D eigenvalue weighted by molar-refractivity contribution is 5.87. The summed E-state index contributed by atoms with van der Waals surface area (Å²) in [5.74, 6) is -0.572. The molecule has 2 atom stereocenters. The van der Waals surface area contributed by atoms with Crippen LogP contribution in [0.3, 0.4) is 0 Å². The van der Waals surface area contributed by atoms with E-state index in [1.54, 1.807) is 6.92 Å². The van der Waals surface area contributed by atoms with Gasteiger partial charge in [-0.15, -0.1) is 0 Å². The van der Waals surface area contributed by atoms with Crippen LogP contribution in [0.25, 0.3) is 0 Å². The van der Waals surface area contributed by atoms with E-state index in [1.165, 1.54) is 11.9 Å². The Kier molecular flexibility index (Phi) is 3.74. The second-order valence-corrected chi connectivity index (χ2v) is 4.63. The van der Waals surface area contributed by atoms with Crippen molar-refractivity contribution in [2.75, 3.05) is 7.05 Å². The van der Waals surface area contributed by atoms with Crippen LogP contribution in [-0.4, -0.2) is 41.1 Å². The van der Waals surface area contributed by atoms with Gasteiger partial charge < -0.3 is 14.7 Å². The number of amides is 1. The fourth-order valence-corrected chi connectivity index (χ4v) is 2.31. The Labute approximate surface area is 111 Å². The summed E-state index contributed by atoms with van der Waals surface area (Å²) < 4.78 is 5.58. The van der Waals surface area contributed by atoms with Crippen LogP contribution in [0.15, 0.2) is 24.3 Å². The van der Waals surface area contributed by atoms with E-state index in [-0.39, 0.29) is 5.91 Å². The topological polar surface area (TPSA) is 66.8 Å². The van der Waals surface area contributed by atoms with Crippen molar-refractivity contribution in [3.63, 3.8) is 0 Å². The second-order valence-electron chi connectivity index (χ2n) is 4.63. The molecule has 0 fully saturated rings. The summed E-state index contributed by atoms with van der Waals surface area (Å²) in [6.45, 7) is 1.74. The first-order valence-electron chi connectivity index (χ1n) is 6.28. The number of fused-ring (bicyclic) bond motifs is 1. The maximum Gasteiger partial charge on any atom is 0.326 e. The zero-order chi connectivity index (χ0) is 14.0. The molecule has 0 bridgehead atoms. The average molecular weight is 263 g/mol. The SMILES string of the molecule is CCC(C(=O)O)N(C)C(=O)C1Cc2ccccc2O1. The molecule has 0 radical (unpaired) electrons. The number of carbonyl (C=O) groups excluding carboxylic acids is 1. The monoisotopic (exact) mass is 263 g/mol. The Bertz CT molecular complexity index is 475. The minimum Gasteiger partial charge on any atom is -0.480 e. The number of para-hydroxylation sites is 1. The van der Waals surface area contributed by atoms with Crippen LogP contribution < -0.4 is 4.74 Å². The van der Waals surface area contributed by atoms with E-state index in [0.29, 0.717) is 18.6 Å². The Balaban J connectivity index is 2.08. The van der Waals surface area contributed by atoms with Gasteiger partial charge >= 0.3 is 5.97 Å². The smallest absolute Gasteiger partial charge is 0.326 e. The summed E-state index contributed by atoms with van der Waals surface area (Å²) in [5, 5.41) is 9.07. The zero-order valence-corrected chi connectivity index (χ0v) is 11.0. The van der Waals surface area contributed by atoms with Gasteiger partial charge in [-0.2, -0.15) is 0 Å². The molecule has 0 aliphatic carbocycles. The first-order valence-corrected chi connectivity index (χ1v) is 6.28. The lowest BCUT2D eigenvalue weighted by atomic mass is 10.1. The van der Waals surface area contributed by atoms with Gasteiger partial charge in [0.15, 0.2) is 6.10 Å². The normalized spacial score (nSPS) is 18.3. The standard InChI is InChI=1S/C14H17NO4/c1-3-10(14(17)18)15(2)13(16)12-8-9-6-4-5-7-11(9)19-12/h4-7,10,12H,3,8H2,1-2H3,(H,17,18). The van der Waals surface area contributed by atoms with Crippen LogP contribution in [0.4, 0.5) is 0 Å². The molecule has 1 aromatic carbocycles. The number of benzene rings is 1. The van der Waals surface area contributed by atoms with Gasteiger partial charge in [0.25, 0.3) is 5.91 Å². The van der Waals surface area contributed by atoms with Gasteiger partial charge in [0.1, 0.15) is 11.8 Å². The number of carboxylic acid groups (broad SMARTS) is 1. The van der Waals surface area contributed by atoms with Crippen LogP contribution in [0.2, 0.25) is 0 Å². The van der Waals surface area contributed by atoms with E-state index in [0.717, 1.165) is 5.56 Å². The number of rotatable bonds is 4. The van der Waals surface area contributed by atoms with Crippen LogP contribution in [-0.2, 0) is 16.0 Å². The minimum atomic E-state index is -0.992. The fraction of sp³-hybridized carbons (Fsp3) is 0.429. The number of carboxylic acids is 1. The van der Waals surface area contributed by atoms with Gasteiger partial charge in [-0.05, 0) is 18.1 Å². The number of nitrogens with zero attached hydrogens (tertiary/aromatic N) is 1. The summed E-state index contributed by atoms with van der Waals surface area (Å²) in [6, 6.07) is 6.67. The summed E-state index contributed by atoms with van der Waals surface area (Å²) in [4.78, 5) is 24.6. The Hall–Kier alpha value is -2.04. The highest BCUT2D eigenvalue weighted by Crippen LogP contribution is 2.29. The van der Waals surface area contributed by atoms with E-state index in [2.05, 4.69) is 0 Å². The molecule has 1 aromatic rings. The molecule has 2 unspecified atom stereocenters. The van der Waals surface area contributed by atoms with E-state index < -0.39 is 18.1 Å². The number of hydrogen-bond acceptors (Lipinski definition) is 3. The first-order chi connectivity index (χ1) is 9.04. The molecule has 102 valence electrons. The third-order valence-electron chi connectivity index (χ3n) is 3.41. The van der Waals surface area contributed by atoms with Crippen LogP contribution >= 0.6 is 0 Å². The molecular weight excluding hydrogens is 246 g/mol. The van der Waals surface area contributed by atoms with Gasteiger partial charge in [0, 0.05) is 13.5 Å². The molecule has 1 heterocycles. The quantitative estimate of drug-likeness (QED) is 0.889. The lowest BCUT2D eigenvalue weighted by Gasteiger charge is -2.26. The number of aliphatic carboxylic acids is 1. The fourth-order valence-electron chi connectivity index (χ4n) is 2.31. The van der Waals surface area contributed by atoms with E-state index in [9.17, 15) is 9.59 Å². The Morgan fingerprint density at radius 3 is 2.74 bits per heavy atom. The molecule has 5 heteroatoms. The van der Waals surface area contributed by atoms with E-state index in [4.69, 9.17) is 9.84 Å². The van der Waals surface area contributed by atoms with E-state index >= 15 is 0 Å². The molecule has 5 nitrogen and oxygen atoms in total. The molecular formula is C14H17NO4. The van der Waals surface area contributed by atoms with Crippen molar-refractivity contribution in [2.24, 2.45) is 0 Å². The molecule has 1 aliphatic rings. The summed E-state index contributed by atoms with van der Waals surface area (Å²) >= 11 is 0. The lowest BCUT2D eigenvalue weighted by molar-refractivity contribution is -0.151. The highest BCUT2D eigenvalue weighted by Gasteiger charge is 2.34. The van der Waals surface area contributed by atoms with Crippen LogP contribution in [0.5, 0.6) is 5.75 Å². The summed E-state index contributed by atoms with van der Waals surface area (Å²) in [7, 11) is 1.51. The summed E-state index contributed by atoms with van der Waals surface area (Å²) in [6.07, 6.45) is 0.253. The van der Waals surface area contributed by atoms with E-state index in [1.807, 2.05) is 24.3 Å². The molecule has 0 saturated carbocycles. The molecule has 1 aliphatic heterocycles. The zero-order valence-electron chi connectivity index (χ0n) is 11.0. The minimum absolute atomic E-state index is 0.287. The summed E-state index contributed by atoms with van der Waals surface area (Å²) in [5.41, 5.74) is 0.984. The first kappa shape index (κ1) is 13.4. The third-order valence-corrected chi connectivity index (χ3v) is 3.41. The number of ether oxygens (including phenoxy) is 1. The van der Waals surface area contributed by atoms with Crippen LogP contribution in [0, 0.1) is 0 Å². The Morgan fingerprint density at radius 1 is 1.47 bits per heavy atom. The van der Waals surface area contributed by atoms with Crippen LogP contribution in [0.1, 0.15) is 18.9 Å². The van der Waals surface area contributed by atoms with Crippen molar-refractivity contribution in [3.8, 4) is 5.75 Å². The maximum atomic E-state index is 12.3. The Morgan fingerprint density at radius 2 is 2.16 bits per heavy atom. The average Bonchev–Trinajstić information content (AvgIpc) is 2.81. The molecule has 0 aromatic heterocycles. The second kappa shape index (κ2) is 5.30. The predicted molar refractivity (Wildman–Crippen MR) is 69.0 cm³/mol. The predicted octanol–water partition coefficient (Wildman–Crippen LogP) is 1.31. The van der Waals surface area contributed by atoms with Crippen molar-refractivity contribution >= 4 is 11.9 Å². The van der Waals surface area contributed by atoms with Gasteiger partial charge in [-0.1, -0.05) is 25.1 Å². The van der Waals surface area contributed by atoms with Gasteiger partial charge in [-0.25, -0.2) is 4.79 Å². The molecule has 1 N–H and O–H groups in total. The molecule has 0 saturated heterocycles.